The Morgan fingerprint density at radius 3 is 0.897 bits per heavy atom. The molecule has 3 aromatic rings. The van der Waals surface area contributed by atoms with Gasteiger partial charge in [0.05, 0.1) is 0 Å². The second-order valence-corrected chi connectivity index (χ2v) is 11.9. The zero-order valence-corrected chi connectivity index (χ0v) is 20.4. The van der Waals surface area contributed by atoms with E-state index in [-0.39, 0.29) is 0 Å². The molecular formula is C24H27BrO3Si. The lowest BCUT2D eigenvalue weighted by molar-refractivity contribution is 0.292. The Morgan fingerprint density at radius 2 is 0.690 bits per heavy atom. The number of hydrogen-bond acceptors (Lipinski definition) is 3. The maximum Gasteiger partial charge on any atom is 0.780 e. The van der Waals surface area contributed by atoms with Crippen molar-refractivity contribution in [3.05, 3.63) is 88.0 Å². The first-order valence-corrected chi connectivity index (χ1v) is 13.6. The molecule has 0 amide bonds. The quantitative estimate of drug-likeness (QED) is 0.289. The molecule has 0 aliphatic rings. The summed E-state index contributed by atoms with van der Waals surface area (Å²) in [5.74, 6) is 2.36. The molecule has 0 heterocycles. The Labute approximate surface area is 182 Å². The molecule has 29 heavy (non-hydrogen) atoms. The van der Waals surface area contributed by atoms with E-state index in [4.69, 9.17) is 13.3 Å². The molecule has 3 nitrogen and oxygen atoms in total. The van der Waals surface area contributed by atoms with Crippen molar-refractivity contribution in [1.29, 1.82) is 0 Å². The summed E-state index contributed by atoms with van der Waals surface area (Å²) in [7, 11) is -3.35. The van der Waals surface area contributed by atoms with Crippen LogP contribution in [0, 0.1) is 41.5 Å². The zero-order valence-electron chi connectivity index (χ0n) is 17.8. The van der Waals surface area contributed by atoms with Crippen molar-refractivity contribution in [1.82, 2.24) is 0 Å². The summed E-state index contributed by atoms with van der Waals surface area (Å²) < 4.78 is 19.5. The molecule has 0 bridgehead atoms. The number of benzene rings is 3. The molecule has 0 saturated carbocycles. The Morgan fingerprint density at radius 1 is 0.483 bits per heavy atom. The minimum Gasteiger partial charge on any atom is -0.475 e. The zero-order chi connectivity index (χ0) is 21.2. The molecule has 0 aliphatic carbocycles. The van der Waals surface area contributed by atoms with Crippen LogP contribution in [0.5, 0.6) is 17.2 Å². The molecule has 0 fully saturated rings. The average Bonchev–Trinajstić information content (AvgIpc) is 2.65. The minimum absolute atomic E-state index is 0.786. The molecule has 3 aromatic carbocycles. The Hall–Kier alpha value is -2.24. The first-order chi connectivity index (χ1) is 13.7. The van der Waals surface area contributed by atoms with Gasteiger partial charge in [0, 0.05) is 15.3 Å². The monoisotopic (exact) mass is 470 g/mol. The van der Waals surface area contributed by atoms with Gasteiger partial charge in [-0.1, -0.05) is 54.6 Å². The highest BCUT2D eigenvalue weighted by molar-refractivity contribution is 9.25. The van der Waals surface area contributed by atoms with E-state index >= 15 is 0 Å². The number of rotatable bonds is 6. The van der Waals surface area contributed by atoms with Gasteiger partial charge in [0.15, 0.2) is 0 Å². The van der Waals surface area contributed by atoms with Gasteiger partial charge in [0.2, 0.25) is 0 Å². The van der Waals surface area contributed by atoms with Crippen molar-refractivity contribution in [2.24, 2.45) is 0 Å². The van der Waals surface area contributed by atoms with Crippen molar-refractivity contribution in [2.45, 2.75) is 41.5 Å². The van der Waals surface area contributed by atoms with E-state index in [9.17, 15) is 0 Å². The highest BCUT2D eigenvalue weighted by Gasteiger charge is 2.49. The molecular weight excluding hydrogens is 444 g/mol. The molecule has 0 aliphatic heterocycles. The fourth-order valence-corrected chi connectivity index (χ4v) is 6.59. The molecule has 0 radical (unpaired) electrons. The standard InChI is InChI=1S/C24H27BrO3Si/c1-16-10-7-11-17(2)22(16)26-29(25,27-23-18(3)12-8-13-19(23)4)28-24-20(5)14-9-15-21(24)6/h7-15H,1-6H3. The highest BCUT2D eigenvalue weighted by atomic mass is 79.9. The molecule has 0 saturated heterocycles. The van der Waals surface area contributed by atoms with Crippen LogP contribution in [0.15, 0.2) is 54.6 Å². The maximum absolute atomic E-state index is 6.50. The summed E-state index contributed by atoms with van der Waals surface area (Å²) in [4.78, 5) is 0. The van der Waals surface area contributed by atoms with Gasteiger partial charge < -0.3 is 13.3 Å². The second-order valence-electron chi connectivity index (χ2n) is 7.45. The first kappa shape index (κ1) is 21.5. The molecule has 0 N–H and O–H groups in total. The summed E-state index contributed by atoms with van der Waals surface area (Å²) in [6.45, 7) is 12.2. The molecule has 0 unspecified atom stereocenters. The predicted molar refractivity (Wildman–Crippen MR) is 124 cm³/mol. The van der Waals surface area contributed by atoms with Crippen LogP contribution in [0.4, 0.5) is 0 Å². The van der Waals surface area contributed by atoms with Gasteiger partial charge in [-0.15, -0.1) is 0 Å². The van der Waals surface area contributed by atoms with Crippen molar-refractivity contribution in [3.8, 4) is 17.2 Å². The molecule has 3 rings (SSSR count). The Bertz CT molecular complexity index is 842. The van der Waals surface area contributed by atoms with Gasteiger partial charge in [-0.2, -0.15) is 0 Å². The van der Waals surface area contributed by atoms with Gasteiger partial charge in [0.1, 0.15) is 17.2 Å². The van der Waals surface area contributed by atoms with Crippen LogP contribution in [-0.2, 0) is 0 Å². The van der Waals surface area contributed by atoms with E-state index in [0.29, 0.717) is 0 Å². The third-order valence-electron chi connectivity index (χ3n) is 4.90. The van der Waals surface area contributed by atoms with Crippen molar-refractivity contribution in [3.63, 3.8) is 0 Å². The fraction of sp³-hybridized carbons (Fsp3) is 0.250. The highest BCUT2D eigenvalue weighted by Crippen LogP contribution is 2.35. The third kappa shape index (κ3) is 4.85. The maximum atomic E-state index is 6.50. The smallest absolute Gasteiger partial charge is 0.475 e. The van der Waals surface area contributed by atoms with E-state index in [0.717, 1.165) is 50.6 Å². The predicted octanol–water partition coefficient (Wildman–Crippen LogP) is 6.90. The molecule has 0 spiro atoms. The first-order valence-electron chi connectivity index (χ1n) is 9.65. The molecule has 0 atom stereocenters. The van der Waals surface area contributed by atoms with E-state index in [1.165, 1.54) is 0 Å². The number of aryl methyl sites for hydroxylation is 6. The van der Waals surface area contributed by atoms with Gasteiger partial charge in [-0.25, -0.2) is 0 Å². The summed E-state index contributed by atoms with van der Waals surface area (Å²) >= 11 is 3.77. The topological polar surface area (TPSA) is 27.7 Å². The van der Waals surface area contributed by atoms with Crippen LogP contribution in [0.1, 0.15) is 33.4 Å². The van der Waals surface area contributed by atoms with E-state index in [1.807, 2.05) is 96.1 Å². The number of para-hydroxylation sites is 3. The van der Waals surface area contributed by atoms with Crippen molar-refractivity contribution < 1.29 is 13.3 Å². The van der Waals surface area contributed by atoms with Crippen molar-refractivity contribution in [2.75, 3.05) is 0 Å². The van der Waals surface area contributed by atoms with E-state index in [1.54, 1.807) is 0 Å². The second kappa shape index (κ2) is 8.64. The lowest BCUT2D eigenvalue weighted by Crippen LogP contribution is -2.50. The third-order valence-corrected chi connectivity index (χ3v) is 7.70. The van der Waals surface area contributed by atoms with E-state index in [2.05, 4.69) is 15.3 Å². The number of halogens is 1. The van der Waals surface area contributed by atoms with Crippen LogP contribution in [0.3, 0.4) is 0 Å². The lowest BCUT2D eigenvalue weighted by atomic mass is 10.1. The minimum atomic E-state index is -3.35. The van der Waals surface area contributed by atoms with Crippen molar-refractivity contribution >= 4 is 22.7 Å². The van der Waals surface area contributed by atoms with Crippen LogP contribution in [-0.4, -0.2) is 7.42 Å². The molecule has 0 aromatic heterocycles. The van der Waals surface area contributed by atoms with Crippen LogP contribution in [0.25, 0.3) is 0 Å². The summed E-state index contributed by atoms with van der Waals surface area (Å²) in [5.41, 5.74) is 6.23. The lowest BCUT2D eigenvalue weighted by Gasteiger charge is -2.29. The van der Waals surface area contributed by atoms with Crippen LogP contribution < -0.4 is 13.3 Å². The largest absolute Gasteiger partial charge is 0.780 e. The molecule has 5 heteroatoms. The summed E-state index contributed by atoms with van der Waals surface area (Å²) in [6.07, 6.45) is 0. The van der Waals surface area contributed by atoms with Gasteiger partial charge in [0.25, 0.3) is 0 Å². The fourth-order valence-electron chi connectivity index (χ4n) is 3.31. The molecule has 152 valence electrons. The number of hydrogen-bond donors (Lipinski definition) is 0. The normalized spacial score (nSPS) is 11.3. The summed E-state index contributed by atoms with van der Waals surface area (Å²) in [5, 5.41) is 0. The van der Waals surface area contributed by atoms with Crippen LogP contribution in [0.2, 0.25) is 0 Å². The average molecular weight is 471 g/mol. The Kier molecular flexibility index (Phi) is 6.39. The summed E-state index contributed by atoms with van der Waals surface area (Å²) in [6, 6.07) is 18.2. The van der Waals surface area contributed by atoms with Gasteiger partial charge in [-0.3, -0.25) is 0 Å². The SMILES string of the molecule is Cc1cccc(C)c1O[Si](Br)(Oc1c(C)cccc1C)Oc1c(C)cccc1C. The van der Waals surface area contributed by atoms with Gasteiger partial charge >= 0.3 is 7.42 Å². The Balaban J connectivity index is 2.07. The van der Waals surface area contributed by atoms with E-state index < -0.39 is 7.42 Å². The van der Waals surface area contributed by atoms with Crippen LogP contribution >= 0.6 is 15.3 Å². The van der Waals surface area contributed by atoms with Gasteiger partial charge in [-0.05, 0) is 74.9 Å².